The van der Waals surface area contributed by atoms with Gasteiger partial charge in [0.15, 0.2) is 11.6 Å². The van der Waals surface area contributed by atoms with Crippen LogP contribution < -0.4 is 11.1 Å². The van der Waals surface area contributed by atoms with Crippen LogP contribution in [0.15, 0.2) is 42.6 Å². The maximum absolute atomic E-state index is 14.0. The van der Waals surface area contributed by atoms with Crippen molar-refractivity contribution in [2.24, 2.45) is 11.7 Å². The van der Waals surface area contributed by atoms with Crippen molar-refractivity contribution in [2.75, 3.05) is 0 Å². The van der Waals surface area contributed by atoms with Crippen molar-refractivity contribution in [3.05, 3.63) is 75.4 Å². The van der Waals surface area contributed by atoms with E-state index in [4.69, 9.17) is 28.9 Å². The summed E-state index contributed by atoms with van der Waals surface area (Å²) in [5, 5.41) is 14.6. The molecule has 4 N–H and O–H groups in total. The molecule has 6 nitrogen and oxygen atoms in total. The van der Waals surface area contributed by atoms with Crippen LogP contribution in [0.25, 0.3) is 10.9 Å². The first kappa shape index (κ1) is 29.7. The Kier molecular flexibility index (Phi) is 9.62. The van der Waals surface area contributed by atoms with E-state index in [9.17, 15) is 27.9 Å². The van der Waals surface area contributed by atoms with Crippen LogP contribution in [0.3, 0.4) is 0 Å². The van der Waals surface area contributed by atoms with Gasteiger partial charge in [0, 0.05) is 17.5 Å². The topological polar surface area (TPSA) is 105 Å². The lowest BCUT2D eigenvalue weighted by atomic mass is 9.88. The predicted octanol–water partition coefficient (Wildman–Crippen LogP) is 5.54. The van der Waals surface area contributed by atoms with E-state index < -0.39 is 47.2 Å². The molecule has 0 bridgehead atoms. The number of amides is 2. The Morgan fingerprint density at radius 3 is 2.47 bits per heavy atom. The van der Waals surface area contributed by atoms with Gasteiger partial charge in [-0.1, -0.05) is 29.3 Å². The minimum Gasteiger partial charge on any atom is -0.391 e. The molecule has 3 rings (SSSR count). The summed E-state index contributed by atoms with van der Waals surface area (Å²) in [6, 6.07) is 7.47. The van der Waals surface area contributed by atoms with E-state index in [1.165, 1.54) is 26.0 Å². The third-order valence-corrected chi connectivity index (χ3v) is 6.98. The number of fused-ring (bicyclic) bond motifs is 1. The third-order valence-electron chi connectivity index (χ3n) is 6.24. The smallest absolute Gasteiger partial charge is 0.253 e. The van der Waals surface area contributed by atoms with Gasteiger partial charge in [-0.3, -0.25) is 14.6 Å². The molecule has 2 amide bonds. The number of nitrogens with two attached hydrogens (primary N) is 1. The molecule has 0 saturated heterocycles. The quantitative estimate of drug-likeness (QED) is 0.282. The summed E-state index contributed by atoms with van der Waals surface area (Å²) in [4.78, 5) is 29.0. The fraction of sp³-hybridized carbons (Fsp3) is 0.370. The zero-order chi connectivity index (χ0) is 28.2. The maximum atomic E-state index is 14.0. The van der Waals surface area contributed by atoms with Gasteiger partial charge >= 0.3 is 0 Å². The Hall–Kier alpha value is -2.88. The summed E-state index contributed by atoms with van der Waals surface area (Å²) >= 11 is 12.1. The van der Waals surface area contributed by atoms with Crippen LogP contribution >= 0.6 is 23.2 Å². The Morgan fingerprint density at radius 2 is 1.84 bits per heavy atom. The summed E-state index contributed by atoms with van der Waals surface area (Å²) in [7, 11) is 0. The summed E-state index contributed by atoms with van der Waals surface area (Å²) in [5.41, 5.74) is 4.44. The molecular weight excluding hydrogens is 542 g/mol. The number of pyridine rings is 1. The van der Waals surface area contributed by atoms with E-state index in [0.29, 0.717) is 10.6 Å². The molecule has 0 aliphatic heterocycles. The van der Waals surface area contributed by atoms with Crippen LogP contribution in [0.4, 0.5) is 13.2 Å². The largest absolute Gasteiger partial charge is 0.391 e. The van der Waals surface area contributed by atoms with Crippen LogP contribution in [-0.2, 0) is 11.2 Å². The highest BCUT2D eigenvalue weighted by molar-refractivity contribution is 6.42. The first-order chi connectivity index (χ1) is 17.7. The van der Waals surface area contributed by atoms with Gasteiger partial charge in [-0.15, -0.1) is 0 Å². The van der Waals surface area contributed by atoms with Gasteiger partial charge in [0.2, 0.25) is 5.91 Å². The monoisotopic (exact) mass is 569 g/mol. The van der Waals surface area contributed by atoms with Gasteiger partial charge in [-0.05, 0) is 75.4 Å². The number of hydrogen-bond donors (Lipinski definition) is 3. The number of nitrogens with one attached hydrogen (secondary N) is 1. The molecule has 0 fully saturated rings. The lowest BCUT2D eigenvalue weighted by Crippen LogP contribution is -2.46. The van der Waals surface area contributed by atoms with Crippen molar-refractivity contribution < 1.29 is 27.9 Å². The number of alkyl halides is 1. The number of hydrogen-bond acceptors (Lipinski definition) is 4. The van der Waals surface area contributed by atoms with Crippen LogP contribution in [-0.4, -0.2) is 39.7 Å². The molecule has 0 aliphatic rings. The Bertz CT molecular complexity index is 1330. The van der Waals surface area contributed by atoms with Crippen LogP contribution in [0.5, 0.6) is 0 Å². The summed E-state index contributed by atoms with van der Waals surface area (Å²) in [6.07, 6.45) is -0.0215. The molecule has 11 heteroatoms. The van der Waals surface area contributed by atoms with Crippen LogP contribution in [0.2, 0.25) is 10.0 Å². The zero-order valence-electron chi connectivity index (χ0n) is 20.8. The van der Waals surface area contributed by atoms with Gasteiger partial charge in [0.1, 0.15) is 11.2 Å². The Labute approximate surface area is 228 Å². The summed E-state index contributed by atoms with van der Waals surface area (Å²) in [5.74, 6) is -4.37. The highest BCUT2D eigenvalue weighted by atomic mass is 35.5. The van der Waals surface area contributed by atoms with Crippen molar-refractivity contribution in [1.82, 2.24) is 10.3 Å². The van der Waals surface area contributed by atoms with Gasteiger partial charge in [-0.2, -0.15) is 0 Å². The molecule has 3 atom stereocenters. The van der Waals surface area contributed by atoms with E-state index in [1.807, 2.05) is 0 Å². The number of halogens is 5. The minimum absolute atomic E-state index is 0.0421. The molecule has 1 aromatic heterocycles. The highest BCUT2D eigenvalue weighted by Gasteiger charge is 2.29. The first-order valence-electron chi connectivity index (χ1n) is 11.9. The van der Waals surface area contributed by atoms with Gasteiger partial charge < -0.3 is 16.2 Å². The fourth-order valence-electron chi connectivity index (χ4n) is 4.07. The van der Waals surface area contributed by atoms with Crippen molar-refractivity contribution in [3.8, 4) is 0 Å². The molecule has 0 spiro atoms. The van der Waals surface area contributed by atoms with E-state index in [0.717, 1.165) is 12.3 Å². The maximum Gasteiger partial charge on any atom is 0.253 e. The molecule has 3 aromatic rings. The molecule has 204 valence electrons. The molecule has 1 heterocycles. The van der Waals surface area contributed by atoms with E-state index in [2.05, 4.69) is 10.3 Å². The second-order valence-corrected chi connectivity index (χ2v) is 10.7. The molecule has 0 aliphatic carbocycles. The fourth-order valence-corrected chi connectivity index (χ4v) is 4.39. The van der Waals surface area contributed by atoms with Gasteiger partial charge in [0.25, 0.3) is 5.91 Å². The standard InChI is InChI=1S/C27H28Cl2F3N3O3/c1-27(2,32)8-7-16(25(33)37)12-22(36)21(10-14-3-5-18(28)19(29)9-14)35-26(38)17-11-15-4-6-20(30)23(31)24(15)34-13-17/h3-6,9,11,13,16,21-22,36H,7-8,10,12H2,1-2H3,(H2,33,37)(H,35,38)/t16-,21?,22+/m1/s1. The van der Waals surface area contributed by atoms with E-state index in [-0.39, 0.29) is 47.2 Å². The molecule has 0 saturated carbocycles. The molecular formula is C27H28Cl2F3N3O3. The minimum atomic E-state index is -1.53. The first-order valence-corrected chi connectivity index (χ1v) is 12.7. The van der Waals surface area contributed by atoms with E-state index >= 15 is 0 Å². The number of nitrogens with zero attached hydrogens (tertiary/aromatic N) is 1. The number of primary amides is 1. The van der Waals surface area contributed by atoms with Crippen molar-refractivity contribution in [3.63, 3.8) is 0 Å². The average Bonchev–Trinajstić information content (AvgIpc) is 2.84. The SMILES string of the molecule is CC(C)(F)CC[C@H](C[C@H](O)C(Cc1ccc(Cl)c(Cl)c1)NC(=O)c1cnc2c(F)c(F)ccc2c1)C(N)=O. The summed E-state index contributed by atoms with van der Waals surface area (Å²) in [6.45, 7) is 2.76. The number of carbonyl (C=O) groups excluding carboxylic acids is 2. The van der Waals surface area contributed by atoms with Crippen molar-refractivity contribution in [2.45, 2.75) is 57.3 Å². The Balaban J connectivity index is 1.86. The van der Waals surface area contributed by atoms with Gasteiger partial charge in [-0.25, -0.2) is 13.2 Å². The molecule has 0 radical (unpaired) electrons. The number of aliphatic hydroxyl groups excluding tert-OH is 1. The van der Waals surface area contributed by atoms with Crippen LogP contribution in [0, 0.1) is 17.6 Å². The molecule has 2 aromatic carbocycles. The third kappa shape index (κ3) is 7.82. The number of aromatic nitrogens is 1. The predicted molar refractivity (Wildman–Crippen MR) is 141 cm³/mol. The number of rotatable bonds is 11. The molecule has 1 unspecified atom stereocenters. The van der Waals surface area contributed by atoms with Crippen molar-refractivity contribution >= 4 is 45.9 Å². The molecule has 38 heavy (non-hydrogen) atoms. The zero-order valence-corrected chi connectivity index (χ0v) is 22.3. The van der Waals surface area contributed by atoms with E-state index in [1.54, 1.807) is 18.2 Å². The lowest BCUT2D eigenvalue weighted by molar-refractivity contribution is -0.123. The van der Waals surface area contributed by atoms with Crippen LogP contribution in [0.1, 0.15) is 49.0 Å². The second kappa shape index (κ2) is 12.3. The summed E-state index contributed by atoms with van der Waals surface area (Å²) < 4.78 is 41.6. The van der Waals surface area contributed by atoms with Gasteiger partial charge in [0.05, 0.1) is 27.8 Å². The number of benzene rings is 2. The Morgan fingerprint density at radius 1 is 1.13 bits per heavy atom. The average molecular weight is 570 g/mol. The lowest BCUT2D eigenvalue weighted by Gasteiger charge is -2.28. The normalized spacial score (nSPS) is 14.2. The highest BCUT2D eigenvalue weighted by Crippen LogP contribution is 2.26. The number of aliphatic hydroxyl groups is 1. The number of carbonyl (C=O) groups is 2. The van der Waals surface area contributed by atoms with Crippen molar-refractivity contribution in [1.29, 1.82) is 0 Å². The second-order valence-electron chi connectivity index (χ2n) is 9.85.